The Morgan fingerprint density at radius 3 is 1.80 bits per heavy atom. The molecule has 4 atom stereocenters. The summed E-state index contributed by atoms with van der Waals surface area (Å²) >= 11 is 0. The number of rotatable bonds is 15. The van der Waals surface area contributed by atoms with Crippen molar-refractivity contribution in [2.75, 3.05) is 26.4 Å². The number of hydrogen-bond acceptors (Lipinski definition) is 6. The van der Waals surface area contributed by atoms with Gasteiger partial charge in [0.05, 0.1) is 12.0 Å². The summed E-state index contributed by atoms with van der Waals surface area (Å²) in [6.07, 6.45) is 0.396. The van der Waals surface area contributed by atoms with Gasteiger partial charge in [-0.05, 0) is 58.3 Å². The molecule has 0 aromatic carbocycles. The minimum atomic E-state index is -0.616. The van der Waals surface area contributed by atoms with Crippen molar-refractivity contribution in [1.82, 2.24) is 0 Å². The van der Waals surface area contributed by atoms with Crippen LogP contribution >= 0.6 is 0 Å². The standard InChI is InChI=1S/C24H48O6/c1-12-23(9,10)24(11,17-22(6,7)8)21(25)29-16-20(30-19(5)27-14-3)15-28-18(4)26-13-2/h18-20H,12-17H2,1-11H3. The number of ether oxygens (including phenoxy) is 5. The van der Waals surface area contributed by atoms with Gasteiger partial charge in [-0.3, -0.25) is 4.79 Å². The maximum Gasteiger partial charge on any atom is 0.312 e. The zero-order chi connectivity index (χ0) is 23.6. The van der Waals surface area contributed by atoms with Gasteiger partial charge >= 0.3 is 5.97 Å². The van der Waals surface area contributed by atoms with Crippen LogP contribution in [0.15, 0.2) is 0 Å². The Morgan fingerprint density at radius 1 is 0.800 bits per heavy atom. The Bertz CT molecular complexity index is 485. The molecule has 0 fully saturated rings. The van der Waals surface area contributed by atoms with Crippen LogP contribution in [0.4, 0.5) is 0 Å². The lowest BCUT2D eigenvalue weighted by atomic mass is 9.59. The highest BCUT2D eigenvalue weighted by Crippen LogP contribution is 2.49. The van der Waals surface area contributed by atoms with Crippen LogP contribution in [-0.4, -0.2) is 51.1 Å². The highest BCUT2D eigenvalue weighted by Gasteiger charge is 2.49. The van der Waals surface area contributed by atoms with Crippen molar-refractivity contribution >= 4 is 5.97 Å². The molecule has 180 valence electrons. The zero-order valence-corrected chi connectivity index (χ0v) is 21.4. The van der Waals surface area contributed by atoms with Crippen LogP contribution in [0.25, 0.3) is 0 Å². The van der Waals surface area contributed by atoms with E-state index in [2.05, 4.69) is 41.5 Å². The second kappa shape index (κ2) is 13.0. The van der Waals surface area contributed by atoms with E-state index in [1.54, 1.807) is 0 Å². The average molecular weight is 433 g/mol. The van der Waals surface area contributed by atoms with Gasteiger partial charge in [-0.25, -0.2) is 0 Å². The Hall–Kier alpha value is -0.690. The Balaban J connectivity index is 5.29. The average Bonchev–Trinajstić information content (AvgIpc) is 2.62. The van der Waals surface area contributed by atoms with Crippen LogP contribution in [0.3, 0.4) is 0 Å². The molecule has 0 saturated carbocycles. The zero-order valence-electron chi connectivity index (χ0n) is 21.4. The summed E-state index contributed by atoms with van der Waals surface area (Å²) in [5.74, 6) is -0.195. The highest BCUT2D eigenvalue weighted by molar-refractivity contribution is 5.77. The normalized spacial score (nSPS) is 17.8. The molecule has 0 aliphatic carbocycles. The van der Waals surface area contributed by atoms with Gasteiger partial charge in [0.15, 0.2) is 12.6 Å². The second-order valence-corrected chi connectivity index (χ2v) is 10.0. The minimum absolute atomic E-state index is 0.00434. The predicted octanol–water partition coefficient (Wildman–Crippen LogP) is 5.58. The molecule has 0 N–H and O–H groups in total. The van der Waals surface area contributed by atoms with Gasteiger partial charge < -0.3 is 23.7 Å². The molecule has 6 heteroatoms. The molecule has 6 nitrogen and oxygen atoms in total. The first-order valence-corrected chi connectivity index (χ1v) is 11.4. The van der Waals surface area contributed by atoms with Crippen molar-refractivity contribution in [3.8, 4) is 0 Å². The van der Waals surface area contributed by atoms with E-state index < -0.39 is 17.8 Å². The number of esters is 1. The number of carbonyl (C=O) groups excluding carboxylic acids is 1. The fourth-order valence-corrected chi connectivity index (χ4v) is 3.56. The molecule has 0 radical (unpaired) electrons. The third-order valence-electron chi connectivity index (χ3n) is 5.82. The summed E-state index contributed by atoms with van der Waals surface area (Å²) in [4.78, 5) is 13.3. The van der Waals surface area contributed by atoms with E-state index in [1.807, 2.05) is 34.6 Å². The van der Waals surface area contributed by atoms with Gasteiger partial charge in [0.25, 0.3) is 0 Å². The molecule has 0 aromatic rings. The van der Waals surface area contributed by atoms with E-state index in [0.29, 0.717) is 13.2 Å². The van der Waals surface area contributed by atoms with Crippen molar-refractivity contribution in [2.45, 2.75) is 108 Å². The lowest BCUT2D eigenvalue weighted by molar-refractivity contribution is -0.211. The molecule has 0 amide bonds. The van der Waals surface area contributed by atoms with E-state index in [0.717, 1.165) is 12.8 Å². The molecule has 0 aromatic heterocycles. The topological polar surface area (TPSA) is 63.2 Å². The molecular weight excluding hydrogens is 384 g/mol. The maximum atomic E-state index is 13.3. The van der Waals surface area contributed by atoms with Crippen LogP contribution in [0, 0.1) is 16.2 Å². The van der Waals surface area contributed by atoms with Crippen LogP contribution in [0.5, 0.6) is 0 Å². The van der Waals surface area contributed by atoms with Crippen molar-refractivity contribution in [3.63, 3.8) is 0 Å². The van der Waals surface area contributed by atoms with Crippen LogP contribution in [0.2, 0.25) is 0 Å². The second-order valence-electron chi connectivity index (χ2n) is 10.0. The number of carbonyl (C=O) groups is 1. The molecule has 0 aliphatic heterocycles. The van der Waals surface area contributed by atoms with Gasteiger partial charge in [0.2, 0.25) is 0 Å². The summed E-state index contributed by atoms with van der Waals surface area (Å²) in [7, 11) is 0. The van der Waals surface area contributed by atoms with E-state index in [4.69, 9.17) is 23.7 Å². The summed E-state index contributed by atoms with van der Waals surface area (Å²) < 4.78 is 28.4. The van der Waals surface area contributed by atoms with Gasteiger partial charge in [0.1, 0.15) is 12.7 Å². The van der Waals surface area contributed by atoms with Crippen molar-refractivity contribution in [3.05, 3.63) is 0 Å². The first kappa shape index (κ1) is 29.3. The monoisotopic (exact) mass is 432 g/mol. The lowest BCUT2D eigenvalue weighted by Crippen LogP contribution is -2.46. The van der Waals surface area contributed by atoms with E-state index in [-0.39, 0.29) is 36.3 Å². The smallest absolute Gasteiger partial charge is 0.312 e. The molecule has 0 bridgehead atoms. The summed E-state index contributed by atoms with van der Waals surface area (Å²) in [6, 6.07) is 0. The first-order valence-electron chi connectivity index (χ1n) is 11.4. The Morgan fingerprint density at radius 2 is 1.33 bits per heavy atom. The summed E-state index contributed by atoms with van der Waals surface area (Å²) in [6.45, 7) is 23.8. The SMILES string of the molecule is CCOC(C)OCC(COC(=O)C(C)(CC(C)(C)C)C(C)(C)CC)OC(C)OCC. The number of hydrogen-bond donors (Lipinski definition) is 0. The molecule has 0 rings (SSSR count). The van der Waals surface area contributed by atoms with E-state index in [1.165, 1.54) is 0 Å². The van der Waals surface area contributed by atoms with Gasteiger partial charge in [-0.2, -0.15) is 0 Å². The summed E-state index contributed by atoms with van der Waals surface area (Å²) in [5.41, 5.74) is -0.822. The Labute approximate surface area is 185 Å². The van der Waals surface area contributed by atoms with Crippen molar-refractivity contribution in [2.24, 2.45) is 16.2 Å². The lowest BCUT2D eigenvalue weighted by Gasteiger charge is -2.45. The molecule has 30 heavy (non-hydrogen) atoms. The van der Waals surface area contributed by atoms with Crippen molar-refractivity contribution in [1.29, 1.82) is 0 Å². The molecule has 0 saturated heterocycles. The van der Waals surface area contributed by atoms with Gasteiger partial charge in [-0.15, -0.1) is 0 Å². The molecule has 0 aliphatic rings. The van der Waals surface area contributed by atoms with Gasteiger partial charge in [0, 0.05) is 13.2 Å². The van der Waals surface area contributed by atoms with Crippen molar-refractivity contribution < 1.29 is 28.5 Å². The quantitative estimate of drug-likeness (QED) is 0.249. The van der Waals surface area contributed by atoms with E-state index >= 15 is 0 Å². The molecule has 0 spiro atoms. The third-order valence-corrected chi connectivity index (χ3v) is 5.82. The molecule has 4 unspecified atom stereocenters. The van der Waals surface area contributed by atoms with E-state index in [9.17, 15) is 4.79 Å². The largest absolute Gasteiger partial charge is 0.462 e. The maximum absolute atomic E-state index is 13.3. The first-order chi connectivity index (χ1) is 13.7. The highest BCUT2D eigenvalue weighted by atomic mass is 16.7. The third kappa shape index (κ3) is 10.1. The molecular formula is C24H48O6. The van der Waals surface area contributed by atoms with Crippen LogP contribution < -0.4 is 0 Å². The van der Waals surface area contributed by atoms with Crippen LogP contribution in [0.1, 0.15) is 89.0 Å². The minimum Gasteiger partial charge on any atom is -0.462 e. The Kier molecular flexibility index (Phi) is 12.7. The fourth-order valence-electron chi connectivity index (χ4n) is 3.56. The van der Waals surface area contributed by atoms with Gasteiger partial charge in [-0.1, -0.05) is 41.5 Å². The predicted molar refractivity (Wildman–Crippen MR) is 120 cm³/mol. The fraction of sp³-hybridized carbons (Fsp3) is 0.958. The van der Waals surface area contributed by atoms with Crippen LogP contribution in [-0.2, 0) is 28.5 Å². The molecule has 0 heterocycles. The summed E-state index contributed by atoms with van der Waals surface area (Å²) in [5, 5.41) is 0.